The molecule has 0 radical (unpaired) electrons. The Kier molecular flexibility index (Phi) is 20.8. The zero-order valence-electron chi connectivity index (χ0n) is 10.2. The topological polar surface area (TPSA) is 0 Å². The van der Waals surface area contributed by atoms with E-state index in [-0.39, 0.29) is 0 Å². The molecule has 0 nitrogen and oxygen atoms in total. The maximum atomic E-state index is 3.63. The minimum absolute atomic E-state index is 1.19. The quantitative estimate of drug-likeness (QED) is 0.355. The predicted molar refractivity (Wildman–Crippen MR) is 68.7 cm³/mol. The first-order chi connectivity index (χ1) is 6.83. The van der Waals surface area contributed by atoms with Crippen molar-refractivity contribution in [2.24, 2.45) is 0 Å². The average Bonchev–Trinajstić information content (AvgIpc) is 2.21. The molecule has 0 saturated carbocycles. The number of hydrogen-bond acceptors (Lipinski definition) is 0. The summed E-state index contributed by atoms with van der Waals surface area (Å²) < 4.78 is 0. The van der Waals surface area contributed by atoms with Crippen molar-refractivity contribution in [3.63, 3.8) is 0 Å². The molecule has 0 heteroatoms. The first-order valence-electron chi connectivity index (χ1n) is 6.05. The molecule has 0 aromatic heterocycles. The lowest BCUT2D eigenvalue weighted by Gasteiger charge is -1.87. The Labute approximate surface area is 91.1 Å². The lowest BCUT2D eigenvalue weighted by molar-refractivity contribution is 0.730. The molecule has 84 valence electrons. The maximum absolute atomic E-state index is 3.63. The van der Waals surface area contributed by atoms with Crippen molar-refractivity contribution < 1.29 is 0 Å². The van der Waals surface area contributed by atoms with Crippen LogP contribution in [0.1, 0.15) is 65.2 Å². The fourth-order valence-electron chi connectivity index (χ4n) is 1.08. The van der Waals surface area contributed by atoms with Gasteiger partial charge >= 0.3 is 0 Å². The van der Waals surface area contributed by atoms with Crippen LogP contribution in [0.5, 0.6) is 0 Å². The Bertz CT molecular complexity index is 88.6. The molecular formula is C14H28. The third-order valence-corrected chi connectivity index (χ3v) is 2.02. The van der Waals surface area contributed by atoms with Gasteiger partial charge in [0.25, 0.3) is 0 Å². The highest BCUT2D eigenvalue weighted by atomic mass is 13.8. The molecule has 0 atom stereocenters. The second kappa shape index (κ2) is 18.3. The SMILES string of the molecule is C=CCCCCC.C=CCCCCC. The zero-order chi connectivity index (χ0) is 11.1. The van der Waals surface area contributed by atoms with Crippen molar-refractivity contribution in [1.82, 2.24) is 0 Å². The second-order valence-electron chi connectivity index (χ2n) is 3.57. The third kappa shape index (κ3) is 22.5. The number of unbranched alkanes of at least 4 members (excludes halogenated alkanes) is 6. The highest BCUT2D eigenvalue weighted by Crippen LogP contribution is 1.97. The smallest absolute Gasteiger partial charge is 0.0353 e. The number of hydrogen-bond donors (Lipinski definition) is 0. The van der Waals surface area contributed by atoms with Crippen LogP contribution < -0.4 is 0 Å². The molecule has 0 N–H and O–H groups in total. The Morgan fingerprint density at radius 2 is 1.07 bits per heavy atom. The highest BCUT2D eigenvalue weighted by Gasteiger charge is 1.78. The number of rotatable bonds is 8. The van der Waals surface area contributed by atoms with Crippen molar-refractivity contribution in [1.29, 1.82) is 0 Å². The minimum atomic E-state index is 1.19. The second-order valence-corrected chi connectivity index (χ2v) is 3.57. The minimum Gasteiger partial charge on any atom is -0.103 e. The molecule has 0 spiro atoms. The van der Waals surface area contributed by atoms with Gasteiger partial charge in [-0.1, -0.05) is 51.7 Å². The molecule has 0 rings (SSSR count). The summed E-state index contributed by atoms with van der Waals surface area (Å²) >= 11 is 0. The van der Waals surface area contributed by atoms with E-state index in [0.717, 1.165) is 0 Å². The summed E-state index contributed by atoms with van der Waals surface area (Å²) in [5.41, 5.74) is 0. The van der Waals surface area contributed by atoms with Crippen LogP contribution >= 0.6 is 0 Å². The lowest BCUT2D eigenvalue weighted by atomic mass is 10.2. The molecule has 0 aliphatic heterocycles. The largest absolute Gasteiger partial charge is 0.103 e. The molecule has 14 heavy (non-hydrogen) atoms. The fraction of sp³-hybridized carbons (Fsp3) is 0.714. The fourth-order valence-corrected chi connectivity index (χ4v) is 1.08. The average molecular weight is 196 g/mol. The van der Waals surface area contributed by atoms with E-state index in [1.807, 2.05) is 12.2 Å². The summed E-state index contributed by atoms with van der Waals surface area (Å²) in [7, 11) is 0. The Morgan fingerprint density at radius 3 is 1.29 bits per heavy atom. The van der Waals surface area contributed by atoms with Gasteiger partial charge in [0, 0.05) is 0 Å². The van der Waals surface area contributed by atoms with Gasteiger partial charge in [0.15, 0.2) is 0 Å². The molecule has 0 unspecified atom stereocenters. The van der Waals surface area contributed by atoms with Crippen LogP contribution in [-0.4, -0.2) is 0 Å². The van der Waals surface area contributed by atoms with Gasteiger partial charge in [-0.05, 0) is 25.7 Å². The van der Waals surface area contributed by atoms with Crippen LogP contribution in [0.15, 0.2) is 25.3 Å². The van der Waals surface area contributed by atoms with E-state index in [4.69, 9.17) is 0 Å². The van der Waals surface area contributed by atoms with Gasteiger partial charge in [-0.25, -0.2) is 0 Å². The van der Waals surface area contributed by atoms with Crippen molar-refractivity contribution in [3.05, 3.63) is 25.3 Å². The summed E-state index contributed by atoms with van der Waals surface area (Å²) in [4.78, 5) is 0. The standard InChI is InChI=1S/2C7H14/c2*1-3-5-7-6-4-2/h2*3H,1,4-7H2,2H3. The van der Waals surface area contributed by atoms with Crippen molar-refractivity contribution >= 4 is 0 Å². The first kappa shape index (κ1) is 15.9. The molecule has 0 fully saturated rings. The van der Waals surface area contributed by atoms with Gasteiger partial charge in [0.1, 0.15) is 0 Å². The molecule has 0 aromatic carbocycles. The molecule has 0 aliphatic carbocycles. The molecule has 0 aromatic rings. The maximum Gasteiger partial charge on any atom is -0.0353 e. The van der Waals surface area contributed by atoms with E-state index < -0.39 is 0 Å². The molecule has 0 bridgehead atoms. The Morgan fingerprint density at radius 1 is 0.714 bits per heavy atom. The highest BCUT2D eigenvalue weighted by molar-refractivity contribution is 4.65. The summed E-state index contributed by atoms with van der Waals surface area (Å²) in [6.07, 6.45) is 14.3. The Hall–Kier alpha value is -0.520. The van der Waals surface area contributed by atoms with Gasteiger partial charge in [0.2, 0.25) is 0 Å². The van der Waals surface area contributed by atoms with Crippen LogP contribution in [0.2, 0.25) is 0 Å². The van der Waals surface area contributed by atoms with Gasteiger partial charge in [0.05, 0.1) is 0 Å². The molecule has 0 heterocycles. The van der Waals surface area contributed by atoms with E-state index >= 15 is 0 Å². The normalized spacial score (nSPS) is 8.71. The molecule has 0 saturated heterocycles. The van der Waals surface area contributed by atoms with Crippen LogP contribution in [0.25, 0.3) is 0 Å². The monoisotopic (exact) mass is 196 g/mol. The van der Waals surface area contributed by atoms with Crippen LogP contribution in [0.4, 0.5) is 0 Å². The molecule has 0 amide bonds. The van der Waals surface area contributed by atoms with E-state index in [0.29, 0.717) is 0 Å². The van der Waals surface area contributed by atoms with E-state index in [2.05, 4.69) is 27.0 Å². The van der Waals surface area contributed by atoms with Gasteiger partial charge in [-0.2, -0.15) is 0 Å². The van der Waals surface area contributed by atoms with Gasteiger partial charge in [-0.15, -0.1) is 13.2 Å². The van der Waals surface area contributed by atoms with Crippen LogP contribution in [-0.2, 0) is 0 Å². The van der Waals surface area contributed by atoms with E-state index in [1.165, 1.54) is 51.4 Å². The van der Waals surface area contributed by atoms with Crippen molar-refractivity contribution in [2.45, 2.75) is 65.2 Å². The van der Waals surface area contributed by atoms with Crippen molar-refractivity contribution in [3.8, 4) is 0 Å². The van der Waals surface area contributed by atoms with Crippen molar-refractivity contribution in [2.75, 3.05) is 0 Å². The summed E-state index contributed by atoms with van der Waals surface area (Å²) in [6.45, 7) is 11.7. The molecular weight excluding hydrogens is 168 g/mol. The lowest BCUT2D eigenvalue weighted by Crippen LogP contribution is -1.67. The van der Waals surface area contributed by atoms with Crippen LogP contribution in [0, 0.1) is 0 Å². The van der Waals surface area contributed by atoms with Crippen LogP contribution in [0.3, 0.4) is 0 Å². The summed E-state index contributed by atoms with van der Waals surface area (Å²) in [6, 6.07) is 0. The predicted octanol–water partition coefficient (Wildman–Crippen LogP) is 5.51. The van der Waals surface area contributed by atoms with Gasteiger partial charge in [-0.3, -0.25) is 0 Å². The van der Waals surface area contributed by atoms with E-state index in [1.54, 1.807) is 0 Å². The zero-order valence-corrected chi connectivity index (χ0v) is 10.2. The van der Waals surface area contributed by atoms with Gasteiger partial charge < -0.3 is 0 Å². The first-order valence-corrected chi connectivity index (χ1v) is 6.05. The Balaban J connectivity index is 0. The summed E-state index contributed by atoms with van der Waals surface area (Å²) in [5.74, 6) is 0. The third-order valence-electron chi connectivity index (χ3n) is 2.02. The molecule has 0 aliphatic rings. The summed E-state index contributed by atoms with van der Waals surface area (Å²) in [5, 5.41) is 0. The van der Waals surface area contributed by atoms with E-state index in [9.17, 15) is 0 Å². The number of allylic oxidation sites excluding steroid dienone is 2.